The third-order valence-corrected chi connectivity index (χ3v) is 4.30. The summed E-state index contributed by atoms with van der Waals surface area (Å²) in [5, 5.41) is 8.69. The van der Waals surface area contributed by atoms with Crippen molar-refractivity contribution < 1.29 is 4.52 Å². The van der Waals surface area contributed by atoms with Crippen LogP contribution < -0.4 is 11.3 Å². The highest BCUT2D eigenvalue weighted by Gasteiger charge is 2.14. The fraction of sp³-hybridized carbons (Fsp3) is 0.294. The van der Waals surface area contributed by atoms with Crippen LogP contribution >= 0.6 is 11.6 Å². The highest BCUT2D eigenvalue weighted by Crippen LogP contribution is 2.21. The molecule has 0 aliphatic heterocycles. The SMILES string of the molecule is Cc1c(N)cnn(Cc2nc(C[C@@H](C)c3ccc(Cl)cc3)no2)c1=O. The molecule has 0 amide bonds. The lowest BCUT2D eigenvalue weighted by molar-refractivity contribution is 0.357. The molecule has 0 saturated heterocycles. The number of hydrogen-bond donors (Lipinski definition) is 1. The molecule has 7 nitrogen and oxygen atoms in total. The first kappa shape index (κ1) is 17.2. The van der Waals surface area contributed by atoms with E-state index in [0.29, 0.717) is 34.4 Å². The van der Waals surface area contributed by atoms with Crippen LogP contribution in [0.15, 0.2) is 39.8 Å². The second-order valence-electron chi connectivity index (χ2n) is 5.95. The summed E-state index contributed by atoms with van der Waals surface area (Å²) in [6.07, 6.45) is 2.06. The predicted octanol–water partition coefficient (Wildman–Crippen LogP) is 2.56. The Bertz CT molecular complexity index is 933. The van der Waals surface area contributed by atoms with E-state index in [1.54, 1.807) is 6.92 Å². The molecule has 2 heterocycles. The van der Waals surface area contributed by atoms with Gasteiger partial charge in [0.15, 0.2) is 5.82 Å². The molecule has 25 heavy (non-hydrogen) atoms. The first-order chi connectivity index (χ1) is 11.9. The topological polar surface area (TPSA) is 99.8 Å². The molecule has 0 aliphatic rings. The summed E-state index contributed by atoms with van der Waals surface area (Å²) in [4.78, 5) is 16.5. The Balaban J connectivity index is 1.71. The zero-order valence-electron chi connectivity index (χ0n) is 13.9. The molecule has 0 bridgehead atoms. The number of hydrogen-bond acceptors (Lipinski definition) is 6. The van der Waals surface area contributed by atoms with Gasteiger partial charge in [0.1, 0.15) is 6.54 Å². The van der Waals surface area contributed by atoms with Crippen LogP contribution in [0.1, 0.15) is 35.7 Å². The van der Waals surface area contributed by atoms with E-state index in [9.17, 15) is 4.79 Å². The first-order valence-corrected chi connectivity index (χ1v) is 8.21. The summed E-state index contributed by atoms with van der Waals surface area (Å²) in [5.74, 6) is 1.12. The van der Waals surface area contributed by atoms with Gasteiger partial charge in [0.05, 0.1) is 11.9 Å². The molecule has 0 radical (unpaired) electrons. The van der Waals surface area contributed by atoms with Crippen LogP contribution in [0.25, 0.3) is 0 Å². The van der Waals surface area contributed by atoms with Gasteiger partial charge in [0.25, 0.3) is 5.56 Å². The van der Waals surface area contributed by atoms with E-state index in [1.165, 1.54) is 10.9 Å². The first-order valence-electron chi connectivity index (χ1n) is 7.83. The third-order valence-electron chi connectivity index (χ3n) is 4.05. The van der Waals surface area contributed by atoms with E-state index in [1.807, 2.05) is 24.3 Å². The minimum Gasteiger partial charge on any atom is -0.397 e. The fourth-order valence-electron chi connectivity index (χ4n) is 2.46. The van der Waals surface area contributed by atoms with Crippen molar-refractivity contribution >= 4 is 17.3 Å². The fourth-order valence-corrected chi connectivity index (χ4v) is 2.59. The highest BCUT2D eigenvalue weighted by atomic mass is 35.5. The van der Waals surface area contributed by atoms with Crippen molar-refractivity contribution in [2.24, 2.45) is 0 Å². The lowest BCUT2D eigenvalue weighted by Gasteiger charge is -2.08. The molecular formula is C17H18ClN5O2. The molecule has 3 rings (SSSR count). The molecule has 2 aromatic heterocycles. The third kappa shape index (κ3) is 3.88. The van der Waals surface area contributed by atoms with Gasteiger partial charge < -0.3 is 10.3 Å². The van der Waals surface area contributed by atoms with Gasteiger partial charge in [0, 0.05) is 17.0 Å². The lowest BCUT2D eigenvalue weighted by atomic mass is 9.98. The van der Waals surface area contributed by atoms with E-state index in [-0.39, 0.29) is 18.0 Å². The Hall–Kier alpha value is -2.67. The molecule has 0 fully saturated rings. The lowest BCUT2D eigenvalue weighted by Crippen LogP contribution is -2.26. The largest absolute Gasteiger partial charge is 0.397 e. The van der Waals surface area contributed by atoms with Gasteiger partial charge in [-0.3, -0.25) is 4.79 Å². The second kappa shape index (κ2) is 7.06. The number of nitrogens with zero attached hydrogens (tertiary/aromatic N) is 4. The quantitative estimate of drug-likeness (QED) is 0.751. The molecule has 0 unspecified atom stereocenters. The van der Waals surface area contributed by atoms with Crippen LogP contribution in [-0.2, 0) is 13.0 Å². The average molecular weight is 360 g/mol. The van der Waals surface area contributed by atoms with E-state index in [2.05, 4.69) is 22.2 Å². The number of anilines is 1. The standard InChI is InChI=1S/C17H18ClN5O2/c1-10(12-3-5-13(18)6-4-12)7-15-21-16(25-22-15)9-23-17(24)11(2)14(19)8-20-23/h3-6,8,10H,7,9,19H2,1-2H3/t10-/m1/s1. The van der Waals surface area contributed by atoms with Crippen LogP contribution in [0.5, 0.6) is 0 Å². The van der Waals surface area contributed by atoms with E-state index in [4.69, 9.17) is 21.9 Å². The maximum atomic E-state index is 12.1. The minimum absolute atomic E-state index is 0.113. The number of aromatic nitrogens is 4. The molecule has 2 N–H and O–H groups in total. The Morgan fingerprint density at radius 3 is 2.76 bits per heavy atom. The van der Waals surface area contributed by atoms with Crippen molar-refractivity contribution in [1.29, 1.82) is 0 Å². The second-order valence-corrected chi connectivity index (χ2v) is 6.39. The van der Waals surface area contributed by atoms with Crippen molar-refractivity contribution in [1.82, 2.24) is 19.9 Å². The van der Waals surface area contributed by atoms with Crippen LogP contribution in [0, 0.1) is 6.92 Å². The molecule has 0 aliphatic carbocycles. The minimum atomic E-state index is -0.269. The van der Waals surface area contributed by atoms with Crippen molar-refractivity contribution in [2.45, 2.75) is 32.7 Å². The maximum Gasteiger partial charge on any atom is 0.272 e. The Morgan fingerprint density at radius 2 is 2.04 bits per heavy atom. The summed E-state index contributed by atoms with van der Waals surface area (Å²) >= 11 is 5.91. The van der Waals surface area contributed by atoms with Crippen LogP contribution in [0.3, 0.4) is 0 Å². The summed E-state index contributed by atoms with van der Waals surface area (Å²) < 4.78 is 6.49. The van der Waals surface area contributed by atoms with Crippen LogP contribution in [0.2, 0.25) is 5.02 Å². The zero-order chi connectivity index (χ0) is 18.0. The molecule has 8 heteroatoms. The highest BCUT2D eigenvalue weighted by molar-refractivity contribution is 6.30. The molecule has 1 aromatic carbocycles. The zero-order valence-corrected chi connectivity index (χ0v) is 14.7. The van der Waals surface area contributed by atoms with Crippen molar-refractivity contribution in [3.05, 3.63) is 68.7 Å². The van der Waals surface area contributed by atoms with Gasteiger partial charge in [-0.1, -0.05) is 35.8 Å². The monoisotopic (exact) mass is 359 g/mol. The summed E-state index contributed by atoms with van der Waals surface area (Å²) in [7, 11) is 0. The number of benzene rings is 1. The van der Waals surface area contributed by atoms with Crippen molar-refractivity contribution in [3.8, 4) is 0 Å². The summed E-state index contributed by atoms with van der Waals surface area (Å²) in [6, 6.07) is 7.68. The average Bonchev–Trinajstić information content (AvgIpc) is 3.03. The van der Waals surface area contributed by atoms with Gasteiger partial charge >= 0.3 is 0 Å². The molecule has 130 valence electrons. The summed E-state index contributed by atoms with van der Waals surface area (Å²) in [5.41, 5.74) is 7.36. The maximum absolute atomic E-state index is 12.1. The number of nitrogens with two attached hydrogens (primary N) is 1. The number of halogens is 1. The molecule has 0 spiro atoms. The summed E-state index contributed by atoms with van der Waals surface area (Å²) in [6.45, 7) is 3.85. The van der Waals surface area contributed by atoms with E-state index < -0.39 is 0 Å². The van der Waals surface area contributed by atoms with Crippen molar-refractivity contribution in [2.75, 3.05) is 5.73 Å². The van der Waals surface area contributed by atoms with Gasteiger partial charge in [-0.2, -0.15) is 10.1 Å². The molecule has 0 saturated carbocycles. The Labute approximate surface area is 149 Å². The van der Waals surface area contributed by atoms with Gasteiger partial charge in [-0.05, 0) is 30.5 Å². The van der Waals surface area contributed by atoms with E-state index in [0.717, 1.165) is 5.56 Å². The van der Waals surface area contributed by atoms with Gasteiger partial charge in [-0.15, -0.1) is 0 Å². The molecule has 1 atom stereocenters. The predicted molar refractivity (Wildman–Crippen MR) is 94.6 cm³/mol. The van der Waals surface area contributed by atoms with Crippen LogP contribution in [0.4, 0.5) is 5.69 Å². The normalized spacial score (nSPS) is 12.3. The van der Waals surface area contributed by atoms with E-state index >= 15 is 0 Å². The van der Waals surface area contributed by atoms with Gasteiger partial charge in [0.2, 0.25) is 5.89 Å². The molecule has 3 aromatic rings. The van der Waals surface area contributed by atoms with Gasteiger partial charge in [-0.25, -0.2) is 4.68 Å². The molecular weight excluding hydrogens is 342 g/mol. The smallest absolute Gasteiger partial charge is 0.272 e. The van der Waals surface area contributed by atoms with Crippen molar-refractivity contribution in [3.63, 3.8) is 0 Å². The Kier molecular flexibility index (Phi) is 4.85. The number of rotatable bonds is 5. The Morgan fingerprint density at radius 1 is 1.32 bits per heavy atom. The van der Waals surface area contributed by atoms with Crippen LogP contribution in [-0.4, -0.2) is 19.9 Å². The number of nitrogen functional groups attached to an aromatic ring is 1.